The Morgan fingerprint density at radius 1 is 0.447 bits per heavy atom. The Morgan fingerprint density at radius 3 is 1.11 bits per heavy atom. The van der Waals surface area contributed by atoms with Gasteiger partial charge in [0.1, 0.15) is 19.6 Å². The van der Waals surface area contributed by atoms with Crippen LogP contribution in [0.25, 0.3) is 21.5 Å². The van der Waals surface area contributed by atoms with E-state index < -0.39 is 60.1 Å². The van der Waals surface area contributed by atoms with Gasteiger partial charge in [-0.25, -0.2) is 0 Å². The maximum Gasteiger partial charge on any atom is 0.296 e. The second-order valence-corrected chi connectivity index (χ2v) is 16.4. The lowest BCUT2D eigenvalue weighted by Gasteiger charge is -2.14. The third kappa shape index (κ3) is 9.79. The van der Waals surface area contributed by atoms with Gasteiger partial charge in [-0.2, -0.15) is 33.7 Å². The highest BCUT2D eigenvalue weighted by molar-refractivity contribution is 7.89. The van der Waals surface area contributed by atoms with Crippen molar-refractivity contribution in [2.45, 2.75) is 91.2 Å². The topological polar surface area (TPSA) is 217 Å². The van der Waals surface area contributed by atoms with Crippen LogP contribution in [0.5, 0.6) is 0 Å². The molecule has 0 spiro atoms. The van der Waals surface area contributed by atoms with Crippen molar-refractivity contribution in [2.75, 3.05) is 0 Å². The molecular formula is C31H38O12S4. The molecule has 0 aromatic heterocycles. The lowest BCUT2D eigenvalue weighted by molar-refractivity contribution is 0.466. The normalized spacial score (nSPS) is 12.6. The largest absolute Gasteiger partial charge is 0.296 e. The second kappa shape index (κ2) is 15.5. The fourth-order valence-corrected chi connectivity index (χ4v) is 10.1. The maximum absolute atomic E-state index is 11.8. The van der Waals surface area contributed by atoms with Crippen molar-refractivity contribution in [2.24, 2.45) is 0 Å². The second-order valence-electron chi connectivity index (χ2n) is 11.0. The van der Waals surface area contributed by atoms with Crippen LogP contribution in [-0.2, 0) is 53.3 Å². The van der Waals surface area contributed by atoms with E-state index in [2.05, 4.69) is 0 Å². The van der Waals surface area contributed by atoms with E-state index in [1.54, 1.807) is 36.4 Å². The van der Waals surface area contributed by atoms with Gasteiger partial charge >= 0.3 is 0 Å². The minimum Gasteiger partial charge on any atom is -0.282 e. The first kappa shape index (κ1) is 38.5. The molecule has 4 aromatic carbocycles. The zero-order valence-electron chi connectivity index (χ0n) is 25.8. The summed E-state index contributed by atoms with van der Waals surface area (Å²) < 4.78 is 133. The van der Waals surface area contributed by atoms with E-state index in [4.69, 9.17) is 0 Å². The first-order chi connectivity index (χ1) is 21.8. The summed E-state index contributed by atoms with van der Waals surface area (Å²) in [4.78, 5) is -2.96. The van der Waals surface area contributed by atoms with Crippen molar-refractivity contribution in [3.05, 3.63) is 71.8 Å². The van der Waals surface area contributed by atoms with Crippen molar-refractivity contribution in [1.29, 1.82) is 0 Å². The Balaban J connectivity index is 0.000000256. The standard InChI is InChI=1S/C16H20O6S2.C15H18O6S2/c1-2-3-4-5-9-13-11-12-8-6-7-10-14(12)16(24(20,21)22)15(13)23(17,18)19;1-2-3-4-8-12-10-11-7-5-6-9-13(11)15(23(19,20)21)14(12)22(16,17)18/h6-8,10-11H,2-5,9H2,1H3,(H,17,18,19)(H,20,21,22);5-7,9-10H,2-4,8H2,1H3,(H,16,17,18)(H,19,20,21). The van der Waals surface area contributed by atoms with Crippen molar-refractivity contribution < 1.29 is 51.9 Å². The van der Waals surface area contributed by atoms with E-state index in [1.807, 2.05) is 13.8 Å². The van der Waals surface area contributed by atoms with Crippen LogP contribution in [0.3, 0.4) is 0 Å². The van der Waals surface area contributed by atoms with E-state index in [-0.39, 0.29) is 28.3 Å². The molecule has 0 unspecified atom stereocenters. The number of aryl methyl sites for hydroxylation is 2. The van der Waals surface area contributed by atoms with Gasteiger partial charge in [0.25, 0.3) is 40.5 Å². The van der Waals surface area contributed by atoms with Crippen LogP contribution in [0.2, 0.25) is 0 Å². The molecule has 0 saturated carbocycles. The van der Waals surface area contributed by atoms with Crippen LogP contribution in [-0.4, -0.2) is 51.9 Å². The molecule has 0 fully saturated rings. The summed E-state index contributed by atoms with van der Waals surface area (Å²) in [7, 11) is -19.3. The van der Waals surface area contributed by atoms with Crippen molar-refractivity contribution in [1.82, 2.24) is 0 Å². The summed E-state index contributed by atoms with van der Waals surface area (Å²) in [6.07, 6.45) is 6.44. The predicted octanol–water partition coefficient (Wildman–Crippen LogP) is 6.52. The molecular weight excluding hydrogens is 693 g/mol. The highest BCUT2D eigenvalue weighted by Gasteiger charge is 2.31. The van der Waals surface area contributed by atoms with Gasteiger partial charge in [-0.05, 0) is 59.7 Å². The highest BCUT2D eigenvalue weighted by atomic mass is 32.2. The Morgan fingerprint density at radius 2 is 0.766 bits per heavy atom. The minimum absolute atomic E-state index is 0.0573. The molecule has 16 heteroatoms. The van der Waals surface area contributed by atoms with Gasteiger partial charge in [-0.3, -0.25) is 18.2 Å². The van der Waals surface area contributed by atoms with Gasteiger partial charge in [-0.15, -0.1) is 0 Å². The van der Waals surface area contributed by atoms with E-state index in [0.717, 1.165) is 32.1 Å². The summed E-state index contributed by atoms with van der Waals surface area (Å²) in [5.74, 6) is 0. The molecule has 4 N–H and O–H groups in total. The van der Waals surface area contributed by atoms with E-state index in [0.29, 0.717) is 30.0 Å². The Hall–Kier alpha value is -2.96. The Kier molecular flexibility index (Phi) is 12.7. The summed E-state index contributed by atoms with van der Waals surface area (Å²) >= 11 is 0. The first-order valence-corrected chi connectivity index (χ1v) is 20.6. The third-order valence-electron chi connectivity index (χ3n) is 7.45. The number of benzene rings is 4. The monoisotopic (exact) mass is 730 g/mol. The summed E-state index contributed by atoms with van der Waals surface area (Å²) in [6, 6.07) is 15.6. The quantitative estimate of drug-likeness (QED) is 0.0854. The molecule has 0 radical (unpaired) electrons. The Labute approximate surface area is 275 Å². The van der Waals surface area contributed by atoms with Crippen LogP contribution in [0, 0.1) is 0 Å². The average molecular weight is 731 g/mol. The van der Waals surface area contributed by atoms with Gasteiger partial charge in [-0.1, -0.05) is 94.5 Å². The molecule has 4 rings (SSSR count). The molecule has 258 valence electrons. The lowest BCUT2D eigenvalue weighted by atomic mass is 10.0. The van der Waals surface area contributed by atoms with E-state index in [9.17, 15) is 51.9 Å². The molecule has 0 amide bonds. The molecule has 0 aliphatic heterocycles. The van der Waals surface area contributed by atoms with Crippen molar-refractivity contribution >= 4 is 62.0 Å². The van der Waals surface area contributed by atoms with Crippen LogP contribution >= 0.6 is 0 Å². The van der Waals surface area contributed by atoms with E-state index in [1.165, 1.54) is 24.3 Å². The molecule has 0 saturated heterocycles. The van der Waals surface area contributed by atoms with Crippen LogP contribution in [0.15, 0.2) is 80.2 Å². The number of rotatable bonds is 13. The first-order valence-electron chi connectivity index (χ1n) is 14.8. The molecule has 0 aliphatic carbocycles. The van der Waals surface area contributed by atoms with Crippen LogP contribution in [0.1, 0.15) is 69.9 Å². The fourth-order valence-electron chi connectivity index (χ4n) is 5.46. The molecule has 0 bridgehead atoms. The number of hydrogen-bond acceptors (Lipinski definition) is 8. The van der Waals surface area contributed by atoms with Gasteiger partial charge < -0.3 is 0 Å². The van der Waals surface area contributed by atoms with Gasteiger partial charge in [0, 0.05) is 10.8 Å². The number of fused-ring (bicyclic) bond motifs is 2. The zero-order chi connectivity index (χ0) is 35.2. The maximum atomic E-state index is 11.8. The van der Waals surface area contributed by atoms with Crippen LogP contribution in [0.4, 0.5) is 0 Å². The third-order valence-corrected chi connectivity index (χ3v) is 11.5. The Bertz CT molecular complexity index is 2190. The molecule has 4 aromatic rings. The van der Waals surface area contributed by atoms with Crippen molar-refractivity contribution in [3.63, 3.8) is 0 Å². The molecule has 0 aliphatic rings. The lowest BCUT2D eigenvalue weighted by Crippen LogP contribution is -2.12. The number of hydrogen-bond donors (Lipinski definition) is 4. The summed E-state index contributed by atoms with van der Waals surface area (Å²) in [6.45, 7) is 4.02. The summed E-state index contributed by atoms with van der Waals surface area (Å²) in [5, 5.41) is 1.09. The van der Waals surface area contributed by atoms with Gasteiger partial charge in [0.15, 0.2) is 0 Å². The zero-order valence-corrected chi connectivity index (χ0v) is 29.1. The molecule has 47 heavy (non-hydrogen) atoms. The fraction of sp³-hybridized carbons (Fsp3) is 0.355. The molecule has 12 nitrogen and oxygen atoms in total. The predicted molar refractivity (Wildman–Crippen MR) is 178 cm³/mol. The smallest absolute Gasteiger partial charge is 0.282 e. The average Bonchev–Trinajstić information content (AvgIpc) is 2.96. The SMILES string of the molecule is CCCCCCc1cc2ccccc2c(S(=O)(=O)O)c1S(=O)(=O)O.CCCCCc1cc2ccccc2c(S(=O)(=O)O)c1S(=O)(=O)O. The van der Waals surface area contributed by atoms with E-state index >= 15 is 0 Å². The summed E-state index contributed by atoms with van der Waals surface area (Å²) in [5.41, 5.74) is 0.382. The highest BCUT2D eigenvalue weighted by Crippen LogP contribution is 2.35. The molecule has 0 atom stereocenters. The van der Waals surface area contributed by atoms with Gasteiger partial charge in [0.2, 0.25) is 0 Å². The van der Waals surface area contributed by atoms with Crippen LogP contribution < -0.4 is 0 Å². The minimum atomic E-state index is -4.84. The number of unbranched alkanes of at least 4 members (excludes halogenated alkanes) is 5. The van der Waals surface area contributed by atoms with Gasteiger partial charge in [0.05, 0.1) is 0 Å². The van der Waals surface area contributed by atoms with Crippen molar-refractivity contribution in [3.8, 4) is 0 Å². The molecule has 0 heterocycles.